The minimum absolute atomic E-state index is 0.269. The largest absolute Gasteiger partial charge is 0.462 e. The number of aryl methyl sites for hydroxylation is 1. The summed E-state index contributed by atoms with van der Waals surface area (Å²) in [7, 11) is 0. The Balaban J connectivity index is 1.50. The highest BCUT2D eigenvalue weighted by Gasteiger charge is 2.15. The van der Waals surface area contributed by atoms with E-state index in [9.17, 15) is 14.4 Å². The lowest BCUT2D eigenvalue weighted by Gasteiger charge is -2.06. The molecule has 0 spiro atoms. The Labute approximate surface area is 193 Å². The van der Waals surface area contributed by atoms with Gasteiger partial charge in [-0.25, -0.2) is 23.7 Å². The van der Waals surface area contributed by atoms with Gasteiger partial charge >= 0.3 is 11.7 Å². The molecule has 4 aromatic rings. The molecule has 0 atom stereocenters. The topological polar surface area (TPSA) is 108 Å². The van der Waals surface area contributed by atoms with E-state index in [1.807, 2.05) is 31.2 Å². The maximum absolute atomic E-state index is 12.8. The molecule has 33 heavy (non-hydrogen) atoms. The molecule has 0 saturated heterocycles. The number of carbonyl (C=O) groups is 2. The maximum Gasteiger partial charge on any atom is 0.350 e. The maximum atomic E-state index is 12.8. The number of benzene rings is 2. The summed E-state index contributed by atoms with van der Waals surface area (Å²) in [5.41, 5.74) is 1.92. The van der Waals surface area contributed by atoms with Gasteiger partial charge in [0.15, 0.2) is 5.65 Å². The minimum atomic E-state index is -0.439. The number of esters is 1. The molecule has 0 aliphatic rings. The fraction of sp³-hybridized carbons (Fsp3) is 0.174. The molecule has 2 aromatic carbocycles. The number of ether oxygens (including phenoxy) is 1. The van der Waals surface area contributed by atoms with Crippen molar-refractivity contribution in [1.82, 2.24) is 19.2 Å². The predicted molar refractivity (Wildman–Crippen MR) is 124 cm³/mol. The molecule has 0 fully saturated rings. The lowest BCUT2D eigenvalue weighted by molar-refractivity contribution is -0.117. The summed E-state index contributed by atoms with van der Waals surface area (Å²) >= 11 is 1.40. The van der Waals surface area contributed by atoms with Gasteiger partial charge < -0.3 is 10.1 Å². The van der Waals surface area contributed by atoms with E-state index in [2.05, 4.69) is 15.4 Å². The van der Waals surface area contributed by atoms with Gasteiger partial charge in [-0.1, -0.05) is 29.5 Å². The number of rotatable bonds is 7. The van der Waals surface area contributed by atoms with E-state index in [-0.39, 0.29) is 13.2 Å². The zero-order chi connectivity index (χ0) is 23.4. The number of aromatic nitrogens is 4. The van der Waals surface area contributed by atoms with Crippen LogP contribution in [0.2, 0.25) is 0 Å². The van der Waals surface area contributed by atoms with Crippen molar-refractivity contribution >= 4 is 35.0 Å². The van der Waals surface area contributed by atoms with Crippen molar-refractivity contribution in [3.8, 4) is 0 Å². The summed E-state index contributed by atoms with van der Waals surface area (Å²) in [5, 5.41) is 7.60. The van der Waals surface area contributed by atoms with Gasteiger partial charge in [0.05, 0.1) is 12.2 Å². The third kappa shape index (κ3) is 5.12. The van der Waals surface area contributed by atoms with Crippen LogP contribution in [0.25, 0.3) is 5.65 Å². The molecule has 0 aliphatic heterocycles. The van der Waals surface area contributed by atoms with Crippen molar-refractivity contribution in [3.63, 3.8) is 0 Å². The summed E-state index contributed by atoms with van der Waals surface area (Å²) in [6.45, 7) is 3.74. The first-order valence-corrected chi connectivity index (χ1v) is 11.0. The Bertz CT molecular complexity index is 1380. The normalized spacial score (nSPS) is 10.8. The van der Waals surface area contributed by atoms with Crippen molar-refractivity contribution in [2.45, 2.75) is 30.3 Å². The molecule has 9 nitrogen and oxygen atoms in total. The summed E-state index contributed by atoms with van der Waals surface area (Å²) < 4.78 is 7.41. The van der Waals surface area contributed by atoms with E-state index in [4.69, 9.17) is 4.74 Å². The number of nitrogens with one attached hydrogen (secondary N) is 1. The Kier molecular flexibility index (Phi) is 6.55. The number of anilines is 1. The molecule has 2 heterocycles. The molecule has 10 heteroatoms. The van der Waals surface area contributed by atoms with Crippen LogP contribution in [0.1, 0.15) is 22.8 Å². The number of amides is 1. The highest BCUT2D eigenvalue weighted by atomic mass is 32.2. The van der Waals surface area contributed by atoms with Crippen LogP contribution >= 0.6 is 11.8 Å². The average molecular weight is 464 g/mol. The average Bonchev–Trinajstić information content (AvgIpc) is 3.11. The Morgan fingerprint density at radius 2 is 1.94 bits per heavy atom. The standard InChI is InChI=1S/C23H21N5O4S/c1-3-32-22(30)16-7-9-17(10-8-16)25-19(29)14-28-23(31)27-12-11-24-21(20(27)26-28)33-18-6-4-5-15(2)13-18/h4-13H,3,14H2,1-2H3,(H,25,29). The SMILES string of the molecule is CCOC(=O)c1ccc(NC(=O)Cn2nc3c(Sc4cccc(C)c4)nccn3c2=O)cc1. The molecule has 0 aliphatic carbocycles. The summed E-state index contributed by atoms with van der Waals surface area (Å²) in [6.07, 6.45) is 3.05. The Morgan fingerprint density at radius 1 is 1.15 bits per heavy atom. The second-order valence-electron chi connectivity index (χ2n) is 7.13. The van der Waals surface area contributed by atoms with Crippen LogP contribution in [-0.2, 0) is 16.1 Å². The van der Waals surface area contributed by atoms with E-state index in [1.165, 1.54) is 28.6 Å². The van der Waals surface area contributed by atoms with E-state index in [0.29, 0.717) is 21.9 Å². The van der Waals surface area contributed by atoms with Crippen LogP contribution in [0.5, 0.6) is 0 Å². The van der Waals surface area contributed by atoms with Gasteiger partial charge in [0.1, 0.15) is 11.6 Å². The second kappa shape index (κ2) is 9.70. The number of carbonyl (C=O) groups excluding carboxylic acids is 2. The lowest BCUT2D eigenvalue weighted by Crippen LogP contribution is -2.28. The molecule has 0 saturated carbocycles. The van der Waals surface area contributed by atoms with E-state index >= 15 is 0 Å². The van der Waals surface area contributed by atoms with Gasteiger partial charge in [0, 0.05) is 23.0 Å². The quantitative estimate of drug-likeness (QED) is 0.420. The van der Waals surface area contributed by atoms with Crippen LogP contribution in [0.3, 0.4) is 0 Å². The van der Waals surface area contributed by atoms with Gasteiger partial charge in [0.2, 0.25) is 5.91 Å². The molecule has 168 valence electrons. The number of hydrogen-bond donors (Lipinski definition) is 1. The van der Waals surface area contributed by atoms with Gasteiger partial charge in [-0.15, -0.1) is 5.10 Å². The summed E-state index contributed by atoms with van der Waals surface area (Å²) in [4.78, 5) is 42.3. The van der Waals surface area contributed by atoms with Gasteiger partial charge in [-0.3, -0.25) is 4.79 Å². The van der Waals surface area contributed by atoms with Gasteiger partial charge in [0.25, 0.3) is 0 Å². The first kappa shape index (κ1) is 22.3. The molecule has 4 rings (SSSR count). The molecule has 2 aromatic heterocycles. The van der Waals surface area contributed by atoms with Crippen LogP contribution in [0.4, 0.5) is 5.69 Å². The lowest BCUT2D eigenvalue weighted by atomic mass is 10.2. The zero-order valence-electron chi connectivity index (χ0n) is 18.0. The van der Waals surface area contributed by atoms with Crippen molar-refractivity contribution in [1.29, 1.82) is 0 Å². The number of nitrogens with zero attached hydrogens (tertiary/aromatic N) is 4. The number of hydrogen-bond acceptors (Lipinski definition) is 7. The Hall–Kier alpha value is -3.92. The number of fused-ring (bicyclic) bond motifs is 1. The molecular formula is C23H21N5O4S. The molecule has 0 unspecified atom stereocenters. The highest BCUT2D eigenvalue weighted by Crippen LogP contribution is 2.28. The zero-order valence-corrected chi connectivity index (χ0v) is 18.8. The minimum Gasteiger partial charge on any atom is -0.462 e. The highest BCUT2D eigenvalue weighted by molar-refractivity contribution is 7.99. The third-order valence-electron chi connectivity index (χ3n) is 4.65. The monoisotopic (exact) mass is 463 g/mol. The summed E-state index contributed by atoms with van der Waals surface area (Å²) in [5.74, 6) is -0.857. The van der Waals surface area contributed by atoms with E-state index < -0.39 is 17.6 Å². The van der Waals surface area contributed by atoms with Crippen molar-refractivity contribution in [3.05, 3.63) is 82.5 Å². The molecule has 0 bridgehead atoms. The molecular weight excluding hydrogens is 442 g/mol. The second-order valence-corrected chi connectivity index (χ2v) is 8.19. The molecule has 1 amide bonds. The summed E-state index contributed by atoms with van der Waals surface area (Å²) in [6, 6.07) is 14.2. The predicted octanol–water partition coefficient (Wildman–Crippen LogP) is 3.17. The van der Waals surface area contributed by atoms with Crippen LogP contribution in [-0.4, -0.2) is 37.6 Å². The van der Waals surface area contributed by atoms with Crippen LogP contribution < -0.4 is 11.0 Å². The van der Waals surface area contributed by atoms with Crippen molar-refractivity contribution in [2.24, 2.45) is 0 Å². The fourth-order valence-corrected chi connectivity index (χ4v) is 4.09. The van der Waals surface area contributed by atoms with Gasteiger partial charge in [-0.05, 0) is 50.2 Å². The smallest absolute Gasteiger partial charge is 0.350 e. The molecule has 1 N–H and O–H groups in total. The van der Waals surface area contributed by atoms with Crippen LogP contribution in [0, 0.1) is 6.92 Å². The fourth-order valence-electron chi connectivity index (χ4n) is 3.13. The van der Waals surface area contributed by atoms with E-state index in [0.717, 1.165) is 15.1 Å². The first-order valence-electron chi connectivity index (χ1n) is 10.2. The Morgan fingerprint density at radius 3 is 2.67 bits per heavy atom. The van der Waals surface area contributed by atoms with Crippen molar-refractivity contribution in [2.75, 3.05) is 11.9 Å². The van der Waals surface area contributed by atoms with Crippen molar-refractivity contribution < 1.29 is 14.3 Å². The van der Waals surface area contributed by atoms with E-state index in [1.54, 1.807) is 31.2 Å². The first-order chi connectivity index (χ1) is 15.9. The van der Waals surface area contributed by atoms with Crippen LogP contribution in [0.15, 0.2) is 75.6 Å². The molecule has 0 radical (unpaired) electrons. The van der Waals surface area contributed by atoms with Gasteiger partial charge in [-0.2, -0.15) is 0 Å². The third-order valence-corrected chi connectivity index (χ3v) is 5.62.